The van der Waals surface area contributed by atoms with Gasteiger partial charge in [-0.25, -0.2) is 14.4 Å². The van der Waals surface area contributed by atoms with Gasteiger partial charge in [0.15, 0.2) is 0 Å². The average Bonchev–Trinajstić information content (AvgIpc) is 2.64. The zero-order chi connectivity index (χ0) is 19.6. The van der Waals surface area contributed by atoms with Crippen molar-refractivity contribution in [3.05, 3.63) is 52.7 Å². The standard InChI is InChI=1S/C21H27FN4O/c1-14(2)21(27)26-11-9-25(10-12-26)20-19(15(3)23-16(4)24-20)13-17-5-7-18(22)8-6-17/h5-8,14H,9-13H2,1-4H3. The molecule has 0 spiro atoms. The van der Waals surface area contributed by atoms with Gasteiger partial charge in [-0.1, -0.05) is 26.0 Å². The van der Waals surface area contributed by atoms with Gasteiger partial charge in [-0.05, 0) is 31.5 Å². The molecule has 2 aromatic rings. The van der Waals surface area contributed by atoms with E-state index in [4.69, 9.17) is 4.98 Å². The second kappa shape index (κ2) is 8.03. The van der Waals surface area contributed by atoms with Gasteiger partial charge in [-0.2, -0.15) is 0 Å². The Balaban J connectivity index is 1.83. The van der Waals surface area contributed by atoms with E-state index in [1.807, 2.05) is 32.6 Å². The maximum Gasteiger partial charge on any atom is 0.225 e. The molecule has 2 heterocycles. The van der Waals surface area contributed by atoms with Gasteiger partial charge in [0.2, 0.25) is 5.91 Å². The Hall–Kier alpha value is -2.50. The van der Waals surface area contributed by atoms with E-state index < -0.39 is 0 Å². The number of hydrogen-bond donors (Lipinski definition) is 0. The van der Waals surface area contributed by atoms with Gasteiger partial charge in [0, 0.05) is 49.8 Å². The third-order valence-corrected chi connectivity index (χ3v) is 4.98. The molecule has 144 valence electrons. The number of anilines is 1. The smallest absolute Gasteiger partial charge is 0.225 e. The first-order chi connectivity index (χ1) is 12.8. The Morgan fingerprint density at radius 2 is 1.70 bits per heavy atom. The molecule has 1 aliphatic heterocycles. The fourth-order valence-electron chi connectivity index (χ4n) is 3.50. The maximum atomic E-state index is 13.2. The number of carbonyl (C=O) groups is 1. The van der Waals surface area contributed by atoms with Gasteiger partial charge in [0.25, 0.3) is 0 Å². The van der Waals surface area contributed by atoms with E-state index in [9.17, 15) is 9.18 Å². The first-order valence-electron chi connectivity index (χ1n) is 9.47. The number of hydrogen-bond acceptors (Lipinski definition) is 4. The lowest BCUT2D eigenvalue weighted by molar-refractivity contribution is -0.134. The van der Waals surface area contributed by atoms with Crippen LogP contribution in [0.2, 0.25) is 0 Å². The molecule has 0 unspecified atom stereocenters. The molecule has 6 heteroatoms. The Bertz CT molecular complexity index is 812. The fraction of sp³-hybridized carbons (Fsp3) is 0.476. The van der Waals surface area contributed by atoms with Gasteiger partial charge < -0.3 is 9.80 Å². The molecular formula is C21H27FN4O. The molecule has 1 saturated heterocycles. The monoisotopic (exact) mass is 370 g/mol. The highest BCUT2D eigenvalue weighted by atomic mass is 19.1. The van der Waals surface area contributed by atoms with E-state index in [1.165, 1.54) is 12.1 Å². The summed E-state index contributed by atoms with van der Waals surface area (Å²) in [5.74, 6) is 1.67. The summed E-state index contributed by atoms with van der Waals surface area (Å²) in [5.41, 5.74) is 3.04. The summed E-state index contributed by atoms with van der Waals surface area (Å²) in [7, 11) is 0. The molecule has 0 aliphatic carbocycles. The largest absolute Gasteiger partial charge is 0.353 e. The highest BCUT2D eigenvalue weighted by Gasteiger charge is 2.25. The molecule has 1 aromatic carbocycles. The van der Waals surface area contributed by atoms with Crippen LogP contribution >= 0.6 is 0 Å². The number of carbonyl (C=O) groups excluding carboxylic acids is 1. The molecule has 0 bridgehead atoms. The van der Waals surface area contributed by atoms with Crippen molar-refractivity contribution in [2.45, 2.75) is 34.1 Å². The third kappa shape index (κ3) is 4.43. The second-order valence-electron chi connectivity index (χ2n) is 7.43. The van der Waals surface area contributed by atoms with Crippen molar-refractivity contribution in [2.24, 2.45) is 5.92 Å². The topological polar surface area (TPSA) is 49.3 Å². The molecule has 0 N–H and O–H groups in total. The molecular weight excluding hydrogens is 343 g/mol. The van der Waals surface area contributed by atoms with Crippen molar-refractivity contribution in [3.63, 3.8) is 0 Å². The van der Waals surface area contributed by atoms with E-state index in [1.54, 1.807) is 12.1 Å². The summed E-state index contributed by atoms with van der Waals surface area (Å²) in [5, 5.41) is 0. The van der Waals surface area contributed by atoms with Crippen LogP contribution in [0.1, 0.15) is 36.5 Å². The minimum absolute atomic E-state index is 0.0223. The number of amides is 1. The first kappa shape index (κ1) is 19.3. The molecule has 0 atom stereocenters. The van der Waals surface area contributed by atoms with E-state index in [2.05, 4.69) is 9.88 Å². The number of piperazine rings is 1. The van der Waals surface area contributed by atoms with Crippen LogP contribution in [-0.4, -0.2) is 47.0 Å². The summed E-state index contributed by atoms with van der Waals surface area (Å²) >= 11 is 0. The van der Waals surface area contributed by atoms with E-state index in [-0.39, 0.29) is 17.6 Å². The van der Waals surface area contributed by atoms with Gasteiger partial charge in [-0.3, -0.25) is 4.79 Å². The Morgan fingerprint density at radius 1 is 1.07 bits per heavy atom. The molecule has 1 fully saturated rings. The number of aromatic nitrogens is 2. The summed E-state index contributed by atoms with van der Waals surface area (Å²) < 4.78 is 13.2. The van der Waals surface area contributed by atoms with Crippen LogP contribution in [0.25, 0.3) is 0 Å². The highest BCUT2D eigenvalue weighted by Crippen LogP contribution is 2.25. The molecule has 27 heavy (non-hydrogen) atoms. The van der Waals surface area contributed by atoms with Crippen LogP contribution in [0, 0.1) is 25.6 Å². The zero-order valence-electron chi connectivity index (χ0n) is 16.5. The van der Waals surface area contributed by atoms with Crippen molar-refractivity contribution in [2.75, 3.05) is 31.1 Å². The zero-order valence-corrected chi connectivity index (χ0v) is 16.5. The lowest BCUT2D eigenvalue weighted by Crippen LogP contribution is -2.50. The van der Waals surface area contributed by atoms with Gasteiger partial charge >= 0.3 is 0 Å². The normalized spacial score (nSPS) is 14.7. The van der Waals surface area contributed by atoms with Crippen LogP contribution in [-0.2, 0) is 11.2 Å². The van der Waals surface area contributed by atoms with E-state index >= 15 is 0 Å². The number of rotatable bonds is 4. The fourth-order valence-corrected chi connectivity index (χ4v) is 3.50. The lowest BCUT2D eigenvalue weighted by Gasteiger charge is -2.37. The summed E-state index contributed by atoms with van der Waals surface area (Å²) in [6.45, 7) is 10.7. The highest BCUT2D eigenvalue weighted by molar-refractivity contribution is 5.78. The maximum absolute atomic E-state index is 13.2. The van der Waals surface area contributed by atoms with Gasteiger partial charge in [0.1, 0.15) is 17.5 Å². The number of nitrogens with zero attached hydrogens (tertiary/aromatic N) is 4. The number of aryl methyl sites for hydroxylation is 2. The third-order valence-electron chi connectivity index (χ3n) is 4.98. The second-order valence-corrected chi connectivity index (χ2v) is 7.43. The molecule has 5 nitrogen and oxygen atoms in total. The molecule has 0 saturated carbocycles. The minimum Gasteiger partial charge on any atom is -0.353 e. The number of halogens is 1. The van der Waals surface area contributed by atoms with Gasteiger partial charge in [-0.15, -0.1) is 0 Å². The minimum atomic E-state index is -0.234. The molecule has 1 aromatic heterocycles. The van der Waals surface area contributed by atoms with Crippen LogP contribution < -0.4 is 4.90 Å². The van der Waals surface area contributed by atoms with E-state index in [0.717, 1.165) is 41.6 Å². The molecule has 0 radical (unpaired) electrons. The van der Waals surface area contributed by atoms with Crippen molar-refractivity contribution < 1.29 is 9.18 Å². The van der Waals surface area contributed by atoms with Crippen LogP contribution in [0.5, 0.6) is 0 Å². The van der Waals surface area contributed by atoms with Crippen LogP contribution in [0.4, 0.5) is 10.2 Å². The Morgan fingerprint density at radius 3 is 2.30 bits per heavy atom. The van der Waals surface area contributed by atoms with Crippen molar-refractivity contribution in [1.82, 2.24) is 14.9 Å². The van der Waals surface area contributed by atoms with Crippen LogP contribution in [0.3, 0.4) is 0 Å². The Labute approximate surface area is 160 Å². The van der Waals surface area contributed by atoms with Crippen molar-refractivity contribution in [3.8, 4) is 0 Å². The molecule has 1 aliphatic rings. The van der Waals surface area contributed by atoms with Crippen LogP contribution in [0.15, 0.2) is 24.3 Å². The molecule has 3 rings (SSSR count). The Kier molecular flexibility index (Phi) is 5.73. The summed E-state index contributed by atoms with van der Waals surface area (Å²) in [6.07, 6.45) is 0.660. The molecule has 1 amide bonds. The predicted octanol–water partition coefficient (Wildman–Crippen LogP) is 3.13. The van der Waals surface area contributed by atoms with Crippen molar-refractivity contribution in [1.29, 1.82) is 0 Å². The van der Waals surface area contributed by atoms with Gasteiger partial charge in [0.05, 0.1) is 0 Å². The lowest BCUT2D eigenvalue weighted by atomic mass is 10.0. The number of benzene rings is 1. The first-order valence-corrected chi connectivity index (χ1v) is 9.47. The van der Waals surface area contributed by atoms with Crippen molar-refractivity contribution >= 4 is 11.7 Å². The quantitative estimate of drug-likeness (QED) is 0.830. The SMILES string of the molecule is Cc1nc(C)c(Cc2ccc(F)cc2)c(N2CCN(C(=O)C(C)C)CC2)n1. The average molecular weight is 370 g/mol. The predicted molar refractivity (Wildman–Crippen MR) is 104 cm³/mol. The summed E-state index contributed by atoms with van der Waals surface area (Å²) in [6, 6.07) is 6.57. The van der Waals surface area contributed by atoms with E-state index in [0.29, 0.717) is 19.5 Å². The summed E-state index contributed by atoms with van der Waals surface area (Å²) in [4.78, 5) is 25.7.